The van der Waals surface area contributed by atoms with Gasteiger partial charge in [0, 0.05) is 18.6 Å². The van der Waals surface area contributed by atoms with Gasteiger partial charge in [-0.15, -0.1) is 0 Å². The molecule has 0 saturated carbocycles. The predicted octanol–water partition coefficient (Wildman–Crippen LogP) is 2.53. The van der Waals surface area contributed by atoms with Crippen molar-refractivity contribution in [2.45, 2.75) is 39.2 Å². The Hall–Kier alpha value is -1.11. The van der Waals surface area contributed by atoms with Crippen molar-refractivity contribution in [3.8, 4) is 5.75 Å². The third kappa shape index (κ3) is 5.48. The molecule has 1 fully saturated rings. The molecule has 0 aliphatic carbocycles. The van der Waals surface area contributed by atoms with Crippen LogP contribution in [0.4, 0.5) is 0 Å². The Kier molecular flexibility index (Phi) is 6.44. The van der Waals surface area contributed by atoms with E-state index in [1.54, 1.807) is 6.92 Å². The van der Waals surface area contributed by atoms with Crippen LogP contribution in [0.1, 0.15) is 38.7 Å². The van der Waals surface area contributed by atoms with Crippen LogP contribution in [0.5, 0.6) is 5.75 Å². The maximum absolute atomic E-state index is 11.8. The van der Waals surface area contributed by atoms with Crippen molar-refractivity contribution in [3.63, 3.8) is 0 Å². The molecule has 1 heterocycles. The van der Waals surface area contributed by atoms with Crippen LogP contribution in [0, 0.1) is 5.92 Å². The Labute approximate surface area is 139 Å². The minimum atomic E-state index is -3.21. The summed E-state index contributed by atoms with van der Waals surface area (Å²) in [6.07, 6.45) is 0.680. The number of ether oxygens (including phenoxy) is 2. The van der Waals surface area contributed by atoms with E-state index in [0.717, 1.165) is 5.75 Å². The number of sulfonamides is 1. The Morgan fingerprint density at radius 2 is 2.00 bits per heavy atom. The minimum absolute atomic E-state index is 0.0230. The summed E-state index contributed by atoms with van der Waals surface area (Å²) in [7, 11) is -3.21. The lowest BCUT2D eigenvalue weighted by Crippen LogP contribution is -2.47. The lowest BCUT2D eigenvalue weighted by Gasteiger charge is -2.31. The van der Waals surface area contributed by atoms with Crippen LogP contribution in [0.3, 0.4) is 0 Å². The van der Waals surface area contributed by atoms with E-state index in [4.69, 9.17) is 9.47 Å². The fourth-order valence-corrected chi connectivity index (χ4v) is 3.52. The van der Waals surface area contributed by atoms with Gasteiger partial charge in [-0.25, -0.2) is 13.1 Å². The first kappa shape index (κ1) is 18.2. The van der Waals surface area contributed by atoms with Crippen LogP contribution in [-0.4, -0.2) is 40.0 Å². The lowest BCUT2D eigenvalue weighted by molar-refractivity contribution is 0.0186. The highest BCUT2D eigenvalue weighted by atomic mass is 32.2. The fraction of sp³-hybridized carbons (Fsp3) is 0.647. The number of rotatable bonds is 7. The number of nitrogens with one attached hydrogen (secondary N) is 1. The molecule has 1 N–H and O–H groups in total. The smallest absolute Gasteiger partial charge is 0.211 e. The van der Waals surface area contributed by atoms with Crippen molar-refractivity contribution in [1.82, 2.24) is 4.72 Å². The molecule has 0 bridgehead atoms. The van der Waals surface area contributed by atoms with E-state index in [1.807, 2.05) is 12.1 Å². The van der Waals surface area contributed by atoms with Crippen LogP contribution in [0.25, 0.3) is 0 Å². The summed E-state index contributed by atoms with van der Waals surface area (Å²) in [5, 5.41) is 0. The lowest BCUT2D eigenvalue weighted by atomic mass is 9.98. The molecule has 2 atom stereocenters. The molecule has 23 heavy (non-hydrogen) atoms. The predicted molar refractivity (Wildman–Crippen MR) is 91.3 cm³/mol. The Bertz CT molecular complexity index is 583. The zero-order valence-corrected chi connectivity index (χ0v) is 14.9. The van der Waals surface area contributed by atoms with Crippen molar-refractivity contribution in [2.24, 2.45) is 5.92 Å². The average molecular weight is 341 g/mol. The summed E-state index contributed by atoms with van der Waals surface area (Å²) < 4.78 is 37.7. The second-order valence-corrected chi connectivity index (χ2v) is 8.33. The third-order valence-electron chi connectivity index (χ3n) is 4.20. The molecular weight excluding hydrogens is 314 g/mol. The van der Waals surface area contributed by atoms with Gasteiger partial charge in [0.15, 0.2) is 0 Å². The molecule has 5 nitrogen and oxygen atoms in total. The molecule has 0 radical (unpaired) electrons. The zero-order chi connectivity index (χ0) is 16.9. The van der Waals surface area contributed by atoms with Crippen molar-refractivity contribution in [3.05, 3.63) is 29.8 Å². The fourth-order valence-electron chi connectivity index (χ4n) is 2.58. The van der Waals surface area contributed by atoms with Gasteiger partial charge in [-0.2, -0.15) is 0 Å². The van der Waals surface area contributed by atoms with Crippen LogP contribution in [0.15, 0.2) is 24.3 Å². The normalized spacial score (nSPS) is 22.3. The molecule has 2 rings (SSSR count). The summed E-state index contributed by atoms with van der Waals surface area (Å²) in [5.74, 6) is 1.41. The maximum Gasteiger partial charge on any atom is 0.211 e. The Morgan fingerprint density at radius 1 is 1.30 bits per heavy atom. The molecule has 6 heteroatoms. The summed E-state index contributed by atoms with van der Waals surface area (Å²) in [4.78, 5) is 0. The summed E-state index contributed by atoms with van der Waals surface area (Å²) in [5.41, 5.74) is 1.27. The van der Waals surface area contributed by atoms with E-state index >= 15 is 0 Å². The van der Waals surface area contributed by atoms with Gasteiger partial charge in [-0.3, -0.25) is 0 Å². The molecule has 1 aromatic rings. The van der Waals surface area contributed by atoms with Crippen molar-refractivity contribution in [2.75, 3.05) is 25.6 Å². The van der Waals surface area contributed by atoms with E-state index in [9.17, 15) is 8.42 Å². The largest absolute Gasteiger partial charge is 0.493 e. The SMILES string of the molecule is CCS(=O)(=O)N[C@H]1CCOC[C@H]1COc1ccc(C(C)C)cc1. The first-order valence-electron chi connectivity index (χ1n) is 8.21. The van der Waals surface area contributed by atoms with Crippen LogP contribution < -0.4 is 9.46 Å². The number of benzene rings is 1. The second kappa shape index (κ2) is 8.13. The first-order chi connectivity index (χ1) is 10.9. The molecule has 0 spiro atoms. The van der Waals surface area contributed by atoms with E-state index in [0.29, 0.717) is 32.2 Å². The van der Waals surface area contributed by atoms with Gasteiger partial charge in [-0.05, 0) is 37.0 Å². The highest BCUT2D eigenvalue weighted by Crippen LogP contribution is 2.21. The Balaban J connectivity index is 1.94. The van der Waals surface area contributed by atoms with E-state index in [-0.39, 0.29) is 17.7 Å². The van der Waals surface area contributed by atoms with Crippen molar-refractivity contribution >= 4 is 10.0 Å². The highest BCUT2D eigenvalue weighted by Gasteiger charge is 2.29. The molecule has 1 saturated heterocycles. The molecule has 130 valence electrons. The average Bonchev–Trinajstić information content (AvgIpc) is 2.54. The van der Waals surface area contributed by atoms with Gasteiger partial charge < -0.3 is 9.47 Å². The molecular formula is C17H27NO4S. The maximum atomic E-state index is 11.8. The first-order valence-corrected chi connectivity index (χ1v) is 9.87. The van der Waals surface area contributed by atoms with Gasteiger partial charge in [0.05, 0.1) is 19.0 Å². The van der Waals surface area contributed by atoms with Crippen molar-refractivity contribution < 1.29 is 17.9 Å². The second-order valence-electron chi connectivity index (χ2n) is 6.29. The monoisotopic (exact) mass is 341 g/mol. The van der Waals surface area contributed by atoms with E-state index < -0.39 is 10.0 Å². The van der Waals surface area contributed by atoms with Gasteiger partial charge in [-0.1, -0.05) is 26.0 Å². The van der Waals surface area contributed by atoms with Crippen LogP contribution in [0.2, 0.25) is 0 Å². The Morgan fingerprint density at radius 3 is 2.61 bits per heavy atom. The quantitative estimate of drug-likeness (QED) is 0.828. The van der Waals surface area contributed by atoms with Crippen LogP contribution in [-0.2, 0) is 14.8 Å². The topological polar surface area (TPSA) is 64.6 Å². The molecule has 1 aliphatic heterocycles. The molecule has 0 amide bonds. The summed E-state index contributed by atoms with van der Waals surface area (Å²) >= 11 is 0. The third-order valence-corrected chi connectivity index (χ3v) is 5.62. The highest BCUT2D eigenvalue weighted by molar-refractivity contribution is 7.89. The van der Waals surface area contributed by atoms with Crippen molar-refractivity contribution in [1.29, 1.82) is 0 Å². The summed E-state index contributed by atoms with van der Waals surface area (Å²) in [6.45, 7) is 7.48. The van der Waals surface area contributed by atoms with E-state index in [1.165, 1.54) is 5.56 Å². The number of hydrogen-bond acceptors (Lipinski definition) is 4. The van der Waals surface area contributed by atoms with Gasteiger partial charge in [0.25, 0.3) is 0 Å². The van der Waals surface area contributed by atoms with Gasteiger partial charge in [0.2, 0.25) is 10.0 Å². The molecule has 0 aromatic heterocycles. The standard InChI is InChI=1S/C17H27NO4S/c1-4-23(19,20)18-17-9-10-21-11-15(17)12-22-16-7-5-14(6-8-16)13(2)3/h5-8,13,15,17-18H,4,9-12H2,1-3H3/t15-,17-/m0/s1. The van der Waals surface area contributed by atoms with Gasteiger partial charge in [0.1, 0.15) is 5.75 Å². The molecule has 1 aromatic carbocycles. The minimum Gasteiger partial charge on any atom is -0.493 e. The molecule has 0 unspecified atom stereocenters. The van der Waals surface area contributed by atoms with Crippen LogP contribution >= 0.6 is 0 Å². The number of hydrogen-bond donors (Lipinski definition) is 1. The van der Waals surface area contributed by atoms with E-state index in [2.05, 4.69) is 30.7 Å². The zero-order valence-electron chi connectivity index (χ0n) is 14.1. The molecule has 1 aliphatic rings. The van der Waals surface area contributed by atoms with Gasteiger partial charge >= 0.3 is 0 Å². The summed E-state index contributed by atoms with van der Waals surface area (Å²) in [6, 6.07) is 7.93.